The van der Waals surface area contributed by atoms with Gasteiger partial charge in [-0.05, 0) is 31.5 Å². The lowest BCUT2D eigenvalue weighted by Crippen LogP contribution is -2.46. The summed E-state index contributed by atoms with van der Waals surface area (Å²) in [6, 6.07) is 6.03. The third-order valence-electron chi connectivity index (χ3n) is 5.29. The smallest absolute Gasteiger partial charge is 0.155 e. The van der Waals surface area contributed by atoms with Crippen LogP contribution in [0.2, 0.25) is 5.02 Å². The Morgan fingerprint density at radius 3 is 2.46 bits per heavy atom. The zero-order valence-corrected chi connectivity index (χ0v) is 17.3. The normalized spacial score (nSPS) is 15.2. The Hall–Kier alpha value is -2.44. The standard InChI is InChI=1S/C21H25ClN6/c1-15-12-17(4-5-19(15)22)20-21(24-7-6-23-20)28-10-8-27(9-11-28)14-18-13-26(3)25-16(18)2/h4-7,12-13H,8-11,14H2,1-3H3. The molecule has 0 unspecified atom stereocenters. The molecular weight excluding hydrogens is 372 g/mol. The molecule has 0 radical (unpaired) electrons. The Labute approximate surface area is 170 Å². The van der Waals surface area contributed by atoms with E-state index in [0.29, 0.717) is 0 Å². The molecule has 0 atom stereocenters. The van der Waals surface area contributed by atoms with Crippen molar-refractivity contribution in [2.75, 3.05) is 31.1 Å². The van der Waals surface area contributed by atoms with Gasteiger partial charge in [-0.2, -0.15) is 5.10 Å². The molecular formula is C21H25ClN6. The summed E-state index contributed by atoms with van der Waals surface area (Å²) in [7, 11) is 1.97. The first-order valence-electron chi connectivity index (χ1n) is 9.55. The molecule has 28 heavy (non-hydrogen) atoms. The molecule has 0 aliphatic carbocycles. The van der Waals surface area contributed by atoms with Gasteiger partial charge in [0.1, 0.15) is 5.69 Å². The van der Waals surface area contributed by atoms with Crippen molar-refractivity contribution in [2.24, 2.45) is 7.05 Å². The fourth-order valence-corrected chi connectivity index (χ4v) is 3.84. The van der Waals surface area contributed by atoms with Crippen molar-refractivity contribution in [2.45, 2.75) is 20.4 Å². The average Bonchev–Trinajstić information content (AvgIpc) is 3.01. The second-order valence-electron chi connectivity index (χ2n) is 7.37. The molecule has 6 nitrogen and oxygen atoms in total. The van der Waals surface area contributed by atoms with E-state index in [1.165, 1.54) is 5.56 Å². The highest BCUT2D eigenvalue weighted by Crippen LogP contribution is 2.30. The number of rotatable bonds is 4. The van der Waals surface area contributed by atoms with E-state index in [1.54, 1.807) is 12.4 Å². The number of piperazine rings is 1. The first-order chi connectivity index (χ1) is 13.5. The van der Waals surface area contributed by atoms with Gasteiger partial charge >= 0.3 is 0 Å². The van der Waals surface area contributed by atoms with E-state index in [4.69, 9.17) is 11.6 Å². The van der Waals surface area contributed by atoms with Crippen molar-refractivity contribution < 1.29 is 0 Å². The van der Waals surface area contributed by atoms with Crippen LogP contribution in [0.4, 0.5) is 5.82 Å². The number of anilines is 1. The third-order valence-corrected chi connectivity index (χ3v) is 5.72. The molecule has 4 rings (SSSR count). The Kier molecular flexibility index (Phi) is 5.33. The Balaban J connectivity index is 1.49. The fraction of sp³-hybridized carbons (Fsp3) is 0.381. The molecule has 1 fully saturated rings. The average molecular weight is 397 g/mol. The van der Waals surface area contributed by atoms with Crippen LogP contribution in [-0.2, 0) is 13.6 Å². The highest BCUT2D eigenvalue weighted by Gasteiger charge is 2.22. The van der Waals surface area contributed by atoms with Gasteiger partial charge < -0.3 is 4.90 Å². The number of aromatic nitrogens is 4. The van der Waals surface area contributed by atoms with Gasteiger partial charge in [-0.25, -0.2) is 4.98 Å². The maximum Gasteiger partial charge on any atom is 0.155 e. The van der Waals surface area contributed by atoms with E-state index in [1.807, 2.05) is 30.8 Å². The number of hydrogen-bond acceptors (Lipinski definition) is 5. The summed E-state index contributed by atoms with van der Waals surface area (Å²) >= 11 is 6.19. The van der Waals surface area contributed by atoms with Crippen LogP contribution in [0.3, 0.4) is 0 Å². The molecule has 0 amide bonds. The number of benzene rings is 1. The van der Waals surface area contributed by atoms with Crippen LogP contribution in [-0.4, -0.2) is 50.8 Å². The van der Waals surface area contributed by atoms with E-state index in [0.717, 1.165) is 66.1 Å². The van der Waals surface area contributed by atoms with Gasteiger partial charge in [-0.15, -0.1) is 0 Å². The molecule has 1 aliphatic rings. The minimum Gasteiger partial charge on any atom is -0.352 e. The van der Waals surface area contributed by atoms with Gasteiger partial charge in [0.15, 0.2) is 5.82 Å². The molecule has 0 saturated carbocycles. The predicted molar refractivity (Wildman–Crippen MR) is 113 cm³/mol. The number of halogens is 1. The van der Waals surface area contributed by atoms with Crippen molar-refractivity contribution in [3.8, 4) is 11.3 Å². The Morgan fingerprint density at radius 1 is 1.04 bits per heavy atom. The molecule has 0 spiro atoms. The summed E-state index contributed by atoms with van der Waals surface area (Å²) in [6.45, 7) is 8.87. The third kappa shape index (κ3) is 3.88. The van der Waals surface area contributed by atoms with E-state index < -0.39 is 0 Å². The molecule has 7 heteroatoms. The molecule has 0 bridgehead atoms. The van der Waals surface area contributed by atoms with Gasteiger partial charge in [-0.1, -0.05) is 17.7 Å². The highest BCUT2D eigenvalue weighted by molar-refractivity contribution is 6.31. The van der Waals surface area contributed by atoms with Crippen molar-refractivity contribution in [1.82, 2.24) is 24.6 Å². The molecule has 1 aromatic carbocycles. The lowest BCUT2D eigenvalue weighted by Gasteiger charge is -2.35. The maximum atomic E-state index is 6.19. The first-order valence-corrected chi connectivity index (χ1v) is 9.93. The minimum atomic E-state index is 0.772. The van der Waals surface area contributed by atoms with Crippen molar-refractivity contribution in [3.05, 3.63) is 58.6 Å². The maximum absolute atomic E-state index is 6.19. The zero-order valence-electron chi connectivity index (χ0n) is 16.6. The molecule has 3 aromatic rings. The van der Waals surface area contributed by atoms with Gasteiger partial charge in [-0.3, -0.25) is 14.6 Å². The summed E-state index contributed by atoms with van der Waals surface area (Å²) < 4.78 is 1.89. The Bertz CT molecular complexity index is 975. The fourth-order valence-electron chi connectivity index (χ4n) is 3.72. The second-order valence-corrected chi connectivity index (χ2v) is 7.78. The number of aryl methyl sites for hydroxylation is 3. The van der Waals surface area contributed by atoms with Gasteiger partial charge in [0.05, 0.1) is 5.69 Å². The molecule has 1 aliphatic heterocycles. The summed E-state index contributed by atoms with van der Waals surface area (Å²) in [6.07, 6.45) is 5.64. The van der Waals surface area contributed by atoms with Crippen LogP contribution in [0.15, 0.2) is 36.8 Å². The first kappa shape index (κ1) is 18.9. The zero-order chi connectivity index (χ0) is 19.7. The molecule has 1 saturated heterocycles. The SMILES string of the molecule is Cc1cc(-c2nccnc2N2CCN(Cc3cn(C)nc3C)CC2)ccc1Cl. The van der Waals surface area contributed by atoms with E-state index in [-0.39, 0.29) is 0 Å². The summed E-state index contributed by atoms with van der Waals surface area (Å²) in [5, 5.41) is 5.22. The second kappa shape index (κ2) is 7.89. The van der Waals surface area contributed by atoms with Crippen molar-refractivity contribution in [3.63, 3.8) is 0 Å². The molecule has 0 N–H and O–H groups in total. The summed E-state index contributed by atoms with van der Waals surface area (Å²) in [4.78, 5) is 14.1. The van der Waals surface area contributed by atoms with E-state index in [2.05, 4.69) is 44.1 Å². The topological polar surface area (TPSA) is 50.1 Å². The van der Waals surface area contributed by atoms with Crippen LogP contribution >= 0.6 is 11.6 Å². The van der Waals surface area contributed by atoms with Gasteiger partial charge in [0.25, 0.3) is 0 Å². The Morgan fingerprint density at radius 2 is 1.79 bits per heavy atom. The quantitative estimate of drug-likeness (QED) is 0.675. The summed E-state index contributed by atoms with van der Waals surface area (Å²) in [5.41, 5.74) is 5.43. The van der Waals surface area contributed by atoms with Crippen LogP contribution in [0, 0.1) is 13.8 Å². The monoisotopic (exact) mass is 396 g/mol. The van der Waals surface area contributed by atoms with Gasteiger partial charge in [0.2, 0.25) is 0 Å². The molecule has 2 aromatic heterocycles. The van der Waals surface area contributed by atoms with Crippen LogP contribution in [0.25, 0.3) is 11.3 Å². The minimum absolute atomic E-state index is 0.772. The van der Waals surface area contributed by atoms with Crippen LogP contribution in [0.5, 0.6) is 0 Å². The van der Waals surface area contributed by atoms with Crippen LogP contribution in [0.1, 0.15) is 16.8 Å². The lowest BCUT2D eigenvalue weighted by atomic mass is 10.1. The van der Waals surface area contributed by atoms with Crippen LogP contribution < -0.4 is 4.90 Å². The van der Waals surface area contributed by atoms with Crippen molar-refractivity contribution >= 4 is 17.4 Å². The van der Waals surface area contributed by atoms with Gasteiger partial charge in [0, 0.05) is 74.5 Å². The van der Waals surface area contributed by atoms with E-state index >= 15 is 0 Å². The highest BCUT2D eigenvalue weighted by atomic mass is 35.5. The largest absolute Gasteiger partial charge is 0.352 e. The molecule has 146 valence electrons. The lowest BCUT2D eigenvalue weighted by molar-refractivity contribution is 0.249. The van der Waals surface area contributed by atoms with E-state index in [9.17, 15) is 0 Å². The summed E-state index contributed by atoms with van der Waals surface area (Å²) in [5.74, 6) is 0.946. The number of nitrogens with zero attached hydrogens (tertiary/aromatic N) is 6. The molecule has 3 heterocycles. The van der Waals surface area contributed by atoms with Crippen molar-refractivity contribution in [1.29, 1.82) is 0 Å². The predicted octanol–water partition coefficient (Wildman–Crippen LogP) is 3.47. The number of hydrogen-bond donors (Lipinski definition) is 0.